The molecule has 29 heavy (non-hydrogen) atoms. The zero-order chi connectivity index (χ0) is 21.2. The third-order valence-corrected chi connectivity index (χ3v) is 4.35. The fourth-order valence-electron chi connectivity index (χ4n) is 2.71. The average Bonchev–Trinajstić information content (AvgIpc) is 2.71. The largest absolute Gasteiger partial charge is 0.451 e. The second-order valence-corrected chi connectivity index (χ2v) is 6.67. The summed E-state index contributed by atoms with van der Waals surface area (Å²) in [5, 5.41) is 5.24. The van der Waals surface area contributed by atoms with Gasteiger partial charge in [-0.1, -0.05) is 62.4 Å². The van der Waals surface area contributed by atoms with Gasteiger partial charge in [-0.3, -0.25) is 9.59 Å². The van der Waals surface area contributed by atoms with Gasteiger partial charge in [-0.15, -0.1) is 0 Å². The van der Waals surface area contributed by atoms with E-state index >= 15 is 0 Å². The van der Waals surface area contributed by atoms with E-state index in [-0.39, 0.29) is 11.6 Å². The van der Waals surface area contributed by atoms with Crippen molar-refractivity contribution in [3.05, 3.63) is 71.4 Å². The predicted molar refractivity (Wildman–Crippen MR) is 113 cm³/mol. The minimum absolute atomic E-state index is 0.0310. The minimum Gasteiger partial charge on any atom is -0.451 e. The number of anilines is 1. The summed E-state index contributed by atoms with van der Waals surface area (Å²) in [6.07, 6.45) is 2.44. The van der Waals surface area contributed by atoms with Crippen LogP contribution in [-0.2, 0) is 19.1 Å². The van der Waals surface area contributed by atoms with Gasteiger partial charge in [0.05, 0.1) is 0 Å². The van der Waals surface area contributed by atoms with Crippen molar-refractivity contribution in [2.24, 2.45) is 0 Å². The van der Waals surface area contributed by atoms with Crippen LogP contribution in [0.2, 0.25) is 0 Å². The van der Waals surface area contributed by atoms with Crippen LogP contribution in [0.3, 0.4) is 0 Å². The van der Waals surface area contributed by atoms with Gasteiger partial charge in [-0.2, -0.15) is 0 Å². The van der Waals surface area contributed by atoms with Crippen LogP contribution in [0.1, 0.15) is 44.2 Å². The Labute approximate surface area is 171 Å². The molecular formula is C23H26N2O4. The average molecular weight is 394 g/mol. The third-order valence-electron chi connectivity index (χ3n) is 4.35. The zero-order valence-corrected chi connectivity index (χ0v) is 16.9. The van der Waals surface area contributed by atoms with Crippen LogP contribution >= 0.6 is 0 Å². The summed E-state index contributed by atoms with van der Waals surface area (Å²) in [4.78, 5) is 36.1. The molecule has 2 N–H and O–H groups in total. The standard InChI is InChI=1S/C23H26N2O4/c1-4-16(2)19-12-8-9-13-20(19)25-22(27)15-29-23(28)21(24-17(3)26)14-18-10-6-5-7-11-18/h5-14,16H,4,15H2,1-3H3,(H,24,26)(H,25,27)/b21-14-/t16-/m0/s1. The summed E-state index contributed by atoms with van der Waals surface area (Å²) in [5.41, 5.74) is 2.42. The highest BCUT2D eigenvalue weighted by Crippen LogP contribution is 2.26. The van der Waals surface area contributed by atoms with E-state index in [0.29, 0.717) is 5.69 Å². The molecule has 0 radical (unpaired) electrons. The second kappa shape index (κ2) is 10.8. The highest BCUT2D eigenvalue weighted by atomic mass is 16.5. The van der Waals surface area contributed by atoms with E-state index in [1.54, 1.807) is 12.1 Å². The number of amides is 2. The zero-order valence-electron chi connectivity index (χ0n) is 16.9. The van der Waals surface area contributed by atoms with Gasteiger partial charge < -0.3 is 15.4 Å². The molecule has 2 aromatic rings. The first-order chi connectivity index (χ1) is 13.9. The molecule has 0 saturated heterocycles. The van der Waals surface area contributed by atoms with E-state index in [4.69, 9.17) is 4.74 Å². The van der Waals surface area contributed by atoms with E-state index in [9.17, 15) is 14.4 Å². The van der Waals surface area contributed by atoms with Crippen molar-refractivity contribution in [2.45, 2.75) is 33.1 Å². The second-order valence-electron chi connectivity index (χ2n) is 6.67. The molecule has 0 aliphatic heterocycles. The van der Waals surface area contributed by atoms with Crippen molar-refractivity contribution >= 4 is 29.5 Å². The lowest BCUT2D eigenvalue weighted by Crippen LogP contribution is -2.29. The summed E-state index contributed by atoms with van der Waals surface area (Å²) in [7, 11) is 0. The first kappa shape index (κ1) is 21.9. The number of benzene rings is 2. The molecule has 2 aromatic carbocycles. The Balaban J connectivity index is 2.03. The highest BCUT2D eigenvalue weighted by Gasteiger charge is 2.16. The SMILES string of the molecule is CC[C@H](C)c1ccccc1NC(=O)COC(=O)/C(=C/c1ccccc1)NC(C)=O. The number of ether oxygens (including phenoxy) is 1. The number of hydrogen-bond donors (Lipinski definition) is 2. The van der Waals surface area contributed by atoms with Gasteiger partial charge >= 0.3 is 5.97 Å². The number of para-hydroxylation sites is 1. The Hall–Kier alpha value is -3.41. The van der Waals surface area contributed by atoms with Gasteiger partial charge in [0, 0.05) is 12.6 Å². The van der Waals surface area contributed by atoms with Crippen LogP contribution in [0.5, 0.6) is 0 Å². The first-order valence-electron chi connectivity index (χ1n) is 9.51. The van der Waals surface area contributed by atoms with Crippen LogP contribution in [0.4, 0.5) is 5.69 Å². The van der Waals surface area contributed by atoms with Gasteiger partial charge in [-0.05, 0) is 35.6 Å². The maximum absolute atomic E-state index is 12.4. The smallest absolute Gasteiger partial charge is 0.355 e. The normalized spacial score (nSPS) is 12.0. The molecule has 0 bridgehead atoms. The van der Waals surface area contributed by atoms with Gasteiger partial charge in [0.1, 0.15) is 5.70 Å². The number of hydrogen-bond acceptors (Lipinski definition) is 4. The summed E-state index contributed by atoms with van der Waals surface area (Å²) >= 11 is 0. The monoisotopic (exact) mass is 394 g/mol. The molecule has 6 heteroatoms. The molecule has 2 rings (SSSR count). The summed E-state index contributed by atoms with van der Waals surface area (Å²) in [6, 6.07) is 16.6. The topological polar surface area (TPSA) is 84.5 Å². The molecule has 1 atom stereocenters. The summed E-state index contributed by atoms with van der Waals surface area (Å²) in [5.74, 6) is -1.35. The Morgan fingerprint density at radius 1 is 1.03 bits per heavy atom. The molecular weight excluding hydrogens is 368 g/mol. The highest BCUT2D eigenvalue weighted by molar-refractivity contribution is 5.99. The molecule has 6 nitrogen and oxygen atoms in total. The van der Waals surface area contributed by atoms with E-state index in [1.807, 2.05) is 42.5 Å². The number of carbonyl (C=O) groups is 3. The van der Waals surface area contributed by atoms with Gasteiger partial charge in [0.15, 0.2) is 6.61 Å². The van der Waals surface area contributed by atoms with E-state index in [1.165, 1.54) is 13.0 Å². The lowest BCUT2D eigenvalue weighted by atomic mass is 9.97. The Morgan fingerprint density at radius 2 is 1.69 bits per heavy atom. The van der Waals surface area contributed by atoms with Crippen molar-refractivity contribution in [1.29, 1.82) is 0 Å². The number of esters is 1. The van der Waals surface area contributed by atoms with E-state index in [2.05, 4.69) is 24.5 Å². The lowest BCUT2D eigenvalue weighted by molar-refractivity contribution is -0.144. The van der Waals surface area contributed by atoms with E-state index < -0.39 is 24.4 Å². The van der Waals surface area contributed by atoms with Crippen molar-refractivity contribution in [3.63, 3.8) is 0 Å². The van der Waals surface area contributed by atoms with Crippen LogP contribution in [0.15, 0.2) is 60.3 Å². The predicted octanol–water partition coefficient (Wildman–Crippen LogP) is 3.86. The minimum atomic E-state index is -0.783. The molecule has 0 fully saturated rings. The molecule has 0 aliphatic carbocycles. The van der Waals surface area contributed by atoms with Crippen molar-refractivity contribution in [3.8, 4) is 0 Å². The molecule has 0 unspecified atom stereocenters. The van der Waals surface area contributed by atoms with Crippen molar-refractivity contribution in [2.75, 3.05) is 11.9 Å². The molecule has 0 aromatic heterocycles. The van der Waals surface area contributed by atoms with Crippen LogP contribution in [0, 0.1) is 0 Å². The molecule has 0 saturated carbocycles. The number of nitrogens with one attached hydrogen (secondary N) is 2. The fraction of sp³-hybridized carbons (Fsp3) is 0.261. The van der Waals surface area contributed by atoms with Gasteiger partial charge in [0.2, 0.25) is 5.91 Å². The molecule has 152 valence electrons. The van der Waals surface area contributed by atoms with Crippen LogP contribution in [0.25, 0.3) is 6.08 Å². The lowest BCUT2D eigenvalue weighted by Gasteiger charge is -2.15. The third kappa shape index (κ3) is 6.92. The van der Waals surface area contributed by atoms with Crippen molar-refractivity contribution < 1.29 is 19.1 Å². The maximum Gasteiger partial charge on any atom is 0.355 e. The Morgan fingerprint density at radius 3 is 2.34 bits per heavy atom. The quantitative estimate of drug-likeness (QED) is 0.526. The number of rotatable bonds is 8. The maximum atomic E-state index is 12.4. The first-order valence-corrected chi connectivity index (χ1v) is 9.51. The number of carbonyl (C=O) groups excluding carboxylic acids is 3. The van der Waals surface area contributed by atoms with E-state index in [0.717, 1.165) is 17.5 Å². The van der Waals surface area contributed by atoms with Gasteiger partial charge in [-0.25, -0.2) is 4.79 Å². The molecule has 2 amide bonds. The Bertz CT molecular complexity index is 891. The van der Waals surface area contributed by atoms with Crippen molar-refractivity contribution in [1.82, 2.24) is 5.32 Å². The summed E-state index contributed by atoms with van der Waals surface area (Å²) < 4.78 is 5.10. The molecule has 0 heterocycles. The van der Waals surface area contributed by atoms with Crippen LogP contribution in [-0.4, -0.2) is 24.4 Å². The summed E-state index contributed by atoms with van der Waals surface area (Å²) in [6.45, 7) is 5.00. The Kier molecular flexibility index (Phi) is 8.15. The fourth-order valence-corrected chi connectivity index (χ4v) is 2.71. The van der Waals surface area contributed by atoms with Crippen LogP contribution < -0.4 is 10.6 Å². The molecule has 0 aliphatic rings. The molecule has 0 spiro atoms. The van der Waals surface area contributed by atoms with Gasteiger partial charge in [0.25, 0.3) is 5.91 Å².